The number of nitrogens with zero attached hydrogens (tertiary/aromatic N) is 2. The van der Waals surface area contributed by atoms with Crippen LogP contribution in [0.25, 0.3) is 16.5 Å². The molecule has 158 valence electrons. The van der Waals surface area contributed by atoms with Gasteiger partial charge in [0.1, 0.15) is 5.69 Å². The van der Waals surface area contributed by atoms with Crippen LogP contribution in [0.5, 0.6) is 0 Å². The van der Waals surface area contributed by atoms with Crippen LogP contribution in [0.15, 0.2) is 72.8 Å². The van der Waals surface area contributed by atoms with Gasteiger partial charge in [-0.25, -0.2) is 4.68 Å². The number of nitrogens with one attached hydrogen (secondary N) is 1. The lowest BCUT2D eigenvalue weighted by Gasteiger charge is -2.17. The zero-order valence-corrected chi connectivity index (χ0v) is 17.1. The summed E-state index contributed by atoms with van der Waals surface area (Å²) in [7, 11) is 0. The van der Waals surface area contributed by atoms with E-state index in [4.69, 9.17) is 11.6 Å². The molecule has 0 radical (unpaired) electrons. The molecule has 0 bridgehead atoms. The molecule has 1 N–H and O–H groups in total. The molecular weight excluding hydrogens is 427 g/mol. The minimum absolute atomic E-state index is 0.176. The SMILES string of the molecule is CC(NC(=O)c1cc(C(F)(F)F)nn1-c1ccccc1Cl)c1cccc2ccccc12. The van der Waals surface area contributed by atoms with E-state index >= 15 is 0 Å². The lowest BCUT2D eigenvalue weighted by molar-refractivity contribution is -0.141. The van der Waals surface area contributed by atoms with E-state index in [2.05, 4.69) is 10.4 Å². The van der Waals surface area contributed by atoms with Gasteiger partial charge >= 0.3 is 6.18 Å². The lowest BCUT2D eigenvalue weighted by Crippen LogP contribution is -2.28. The molecule has 1 amide bonds. The highest BCUT2D eigenvalue weighted by Crippen LogP contribution is 2.31. The first-order chi connectivity index (χ1) is 14.8. The minimum atomic E-state index is -4.71. The Balaban J connectivity index is 1.72. The van der Waals surface area contributed by atoms with Crippen LogP contribution in [-0.2, 0) is 6.18 Å². The van der Waals surface area contributed by atoms with Crippen molar-refractivity contribution >= 4 is 28.3 Å². The molecule has 31 heavy (non-hydrogen) atoms. The van der Waals surface area contributed by atoms with Crippen LogP contribution in [0.3, 0.4) is 0 Å². The predicted octanol–water partition coefficient (Wildman–Crippen LogP) is 6.19. The zero-order valence-electron chi connectivity index (χ0n) is 16.3. The van der Waals surface area contributed by atoms with Gasteiger partial charge in [-0.15, -0.1) is 0 Å². The van der Waals surface area contributed by atoms with Crippen LogP contribution in [0.4, 0.5) is 13.2 Å². The normalized spacial score (nSPS) is 12.7. The Kier molecular flexibility index (Phi) is 5.45. The van der Waals surface area contributed by atoms with Crippen molar-refractivity contribution in [1.29, 1.82) is 0 Å². The van der Waals surface area contributed by atoms with Gasteiger partial charge in [-0.05, 0) is 35.4 Å². The average Bonchev–Trinajstić information content (AvgIpc) is 3.19. The first-order valence-electron chi connectivity index (χ1n) is 9.46. The van der Waals surface area contributed by atoms with Crippen LogP contribution in [0.2, 0.25) is 5.02 Å². The number of carbonyl (C=O) groups is 1. The Labute approximate surface area is 181 Å². The van der Waals surface area contributed by atoms with Gasteiger partial charge in [-0.3, -0.25) is 4.79 Å². The van der Waals surface area contributed by atoms with Crippen LogP contribution in [-0.4, -0.2) is 15.7 Å². The lowest BCUT2D eigenvalue weighted by atomic mass is 9.99. The maximum atomic E-state index is 13.3. The number of rotatable bonds is 4. The summed E-state index contributed by atoms with van der Waals surface area (Å²) in [6, 6.07) is 19.9. The zero-order chi connectivity index (χ0) is 22.2. The number of amides is 1. The Morgan fingerprint density at radius 2 is 1.71 bits per heavy atom. The number of fused-ring (bicyclic) bond motifs is 1. The largest absolute Gasteiger partial charge is 0.435 e. The van der Waals surface area contributed by atoms with Crippen molar-refractivity contribution in [1.82, 2.24) is 15.1 Å². The number of para-hydroxylation sites is 1. The van der Waals surface area contributed by atoms with Crippen molar-refractivity contribution in [3.63, 3.8) is 0 Å². The van der Waals surface area contributed by atoms with E-state index < -0.39 is 23.8 Å². The van der Waals surface area contributed by atoms with Gasteiger partial charge in [-0.2, -0.15) is 18.3 Å². The number of hydrogen-bond acceptors (Lipinski definition) is 2. The molecule has 4 nitrogen and oxygen atoms in total. The van der Waals surface area contributed by atoms with Gasteiger partial charge in [0.15, 0.2) is 5.69 Å². The Morgan fingerprint density at radius 1 is 1.03 bits per heavy atom. The molecular formula is C23H17ClF3N3O. The fraction of sp³-hybridized carbons (Fsp3) is 0.130. The van der Waals surface area contributed by atoms with E-state index in [1.165, 1.54) is 12.1 Å². The third-order valence-electron chi connectivity index (χ3n) is 4.95. The van der Waals surface area contributed by atoms with Crippen LogP contribution >= 0.6 is 11.6 Å². The summed E-state index contributed by atoms with van der Waals surface area (Å²) in [4.78, 5) is 13.0. The Hall–Kier alpha value is -3.32. The first-order valence-corrected chi connectivity index (χ1v) is 9.84. The molecule has 0 saturated carbocycles. The molecule has 1 unspecified atom stereocenters. The van der Waals surface area contributed by atoms with E-state index in [1.807, 2.05) is 42.5 Å². The molecule has 1 atom stereocenters. The summed E-state index contributed by atoms with van der Waals surface area (Å²) < 4.78 is 40.9. The fourth-order valence-corrected chi connectivity index (χ4v) is 3.68. The Morgan fingerprint density at radius 3 is 2.45 bits per heavy atom. The number of benzene rings is 3. The summed E-state index contributed by atoms with van der Waals surface area (Å²) in [6.07, 6.45) is -4.71. The summed E-state index contributed by atoms with van der Waals surface area (Å²) in [5.41, 5.74) is -0.392. The minimum Gasteiger partial charge on any atom is -0.344 e. The van der Waals surface area contributed by atoms with Crippen molar-refractivity contribution in [3.8, 4) is 5.69 Å². The van der Waals surface area contributed by atoms with E-state index in [-0.39, 0.29) is 16.4 Å². The smallest absolute Gasteiger partial charge is 0.344 e. The highest BCUT2D eigenvalue weighted by molar-refractivity contribution is 6.32. The highest BCUT2D eigenvalue weighted by atomic mass is 35.5. The van der Waals surface area contributed by atoms with E-state index in [0.717, 1.165) is 27.1 Å². The molecule has 0 spiro atoms. The summed E-state index contributed by atoms with van der Waals surface area (Å²) in [5.74, 6) is -0.691. The van der Waals surface area contributed by atoms with Crippen molar-refractivity contribution in [2.24, 2.45) is 0 Å². The maximum absolute atomic E-state index is 13.3. The molecule has 4 aromatic rings. The molecule has 1 heterocycles. The molecule has 3 aromatic carbocycles. The number of halogens is 4. The second-order valence-corrected chi connectivity index (χ2v) is 7.45. The van der Waals surface area contributed by atoms with Crippen molar-refractivity contribution in [3.05, 3.63) is 94.8 Å². The number of alkyl halides is 3. The van der Waals surface area contributed by atoms with E-state index in [1.54, 1.807) is 19.1 Å². The molecule has 4 rings (SSSR count). The summed E-state index contributed by atoms with van der Waals surface area (Å²) in [5, 5.41) is 8.53. The topological polar surface area (TPSA) is 46.9 Å². The molecule has 0 fully saturated rings. The summed E-state index contributed by atoms with van der Waals surface area (Å²) in [6.45, 7) is 1.78. The molecule has 0 saturated heterocycles. The third-order valence-corrected chi connectivity index (χ3v) is 5.27. The first kappa shape index (κ1) is 20.9. The van der Waals surface area contributed by atoms with Gasteiger partial charge in [-0.1, -0.05) is 66.2 Å². The van der Waals surface area contributed by atoms with Crippen molar-refractivity contribution in [2.45, 2.75) is 19.1 Å². The van der Waals surface area contributed by atoms with Gasteiger partial charge < -0.3 is 5.32 Å². The van der Waals surface area contributed by atoms with Gasteiger partial charge in [0.2, 0.25) is 0 Å². The van der Waals surface area contributed by atoms with Gasteiger partial charge in [0.05, 0.1) is 16.8 Å². The third kappa shape index (κ3) is 4.14. The van der Waals surface area contributed by atoms with Crippen LogP contribution < -0.4 is 5.32 Å². The number of hydrogen-bond donors (Lipinski definition) is 1. The van der Waals surface area contributed by atoms with Crippen LogP contribution in [0.1, 0.15) is 34.7 Å². The standard InChI is InChI=1S/C23H17ClF3N3O/c1-14(16-10-6-8-15-7-2-3-9-17(15)16)28-22(31)20-13-21(23(25,26)27)29-30(20)19-12-5-4-11-18(19)24/h2-14H,1H3,(H,28,31). The quantitative estimate of drug-likeness (QED) is 0.409. The van der Waals surface area contributed by atoms with Crippen molar-refractivity contribution in [2.75, 3.05) is 0 Å². The van der Waals surface area contributed by atoms with Crippen molar-refractivity contribution < 1.29 is 18.0 Å². The molecule has 1 aromatic heterocycles. The molecule has 0 aliphatic carbocycles. The van der Waals surface area contributed by atoms with Gasteiger partial charge in [0, 0.05) is 6.07 Å². The Bertz CT molecular complexity index is 1260. The average molecular weight is 444 g/mol. The van der Waals surface area contributed by atoms with E-state index in [0.29, 0.717) is 0 Å². The number of aromatic nitrogens is 2. The van der Waals surface area contributed by atoms with Gasteiger partial charge in [0.25, 0.3) is 5.91 Å². The second-order valence-electron chi connectivity index (χ2n) is 7.04. The molecule has 8 heteroatoms. The number of carbonyl (C=O) groups excluding carboxylic acids is 1. The predicted molar refractivity (Wildman–Crippen MR) is 113 cm³/mol. The van der Waals surface area contributed by atoms with E-state index in [9.17, 15) is 18.0 Å². The monoisotopic (exact) mass is 443 g/mol. The summed E-state index contributed by atoms with van der Waals surface area (Å²) >= 11 is 6.15. The van der Waals surface area contributed by atoms with Crippen LogP contribution in [0, 0.1) is 0 Å². The molecule has 0 aliphatic rings. The fourth-order valence-electron chi connectivity index (χ4n) is 3.46. The second kappa shape index (κ2) is 8.07. The molecule has 0 aliphatic heterocycles. The maximum Gasteiger partial charge on any atom is 0.435 e. The highest BCUT2D eigenvalue weighted by Gasteiger charge is 2.36.